The van der Waals surface area contributed by atoms with Gasteiger partial charge in [-0.2, -0.15) is 5.10 Å². The molecule has 0 fully saturated rings. The van der Waals surface area contributed by atoms with Crippen LogP contribution in [0.3, 0.4) is 0 Å². The maximum absolute atomic E-state index is 12.7. The third-order valence-electron chi connectivity index (χ3n) is 5.92. The molecule has 1 N–H and O–H groups in total. The molecule has 5 rings (SSSR count). The summed E-state index contributed by atoms with van der Waals surface area (Å²) in [6.45, 7) is 2.95. The van der Waals surface area contributed by atoms with Gasteiger partial charge >= 0.3 is 0 Å². The fraction of sp³-hybridized carbons (Fsp3) is 0.240. The summed E-state index contributed by atoms with van der Waals surface area (Å²) < 4.78 is 3.90. The molecule has 0 radical (unpaired) electrons. The van der Waals surface area contributed by atoms with Gasteiger partial charge < -0.3 is 9.88 Å². The number of carbonyl (C=O) groups is 2. The van der Waals surface area contributed by atoms with Crippen LogP contribution < -0.4 is 10.2 Å². The molecule has 1 aliphatic rings. The number of para-hydroxylation sites is 1. The monoisotopic (exact) mass is 427 g/mol. The van der Waals surface area contributed by atoms with Crippen LogP contribution in [-0.4, -0.2) is 32.7 Å². The second-order valence-electron chi connectivity index (χ2n) is 8.28. The zero-order valence-corrected chi connectivity index (χ0v) is 18.2. The highest BCUT2D eigenvalue weighted by Crippen LogP contribution is 2.33. The summed E-state index contributed by atoms with van der Waals surface area (Å²) in [5.41, 5.74) is 5.12. The van der Waals surface area contributed by atoms with E-state index in [4.69, 9.17) is 5.10 Å². The van der Waals surface area contributed by atoms with E-state index in [0.29, 0.717) is 25.3 Å². The fourth-order valence-electron chi connectivity index (χ4n) is 4.32. The Morgan fingerprint density at radius 3 is 2.81 bits per heavy atom. The van der Waals surface area contributed by atoms with Crippen LogP contribution in [0, 0.1) is 6.92 Å². The Bertz CT molecular complexity index is 1330. The van der Waals surface area contributed by atoms with Gasteiger partial charge in [0.2, 0.25) is 11.8 Å². The van der Waals surface area contributed by atoms with Gasteiger partial charge in [-0.3, -0.25) is 14.5 Å². The van der Waals surface area contributed by atoms with E-state index in [2.05, 4.69) is 28.2 Å². The average molecular weight is 428 g/mol. The molecule has 4 aromatic rings. The molecule has 0 unspecified atom stereocenters. The standard InChI is InChI=1S/C25H25N5O2/c1-17-6-5-7-18(12-17)14-26-23(31)16-29-24-13-21(27-30(24)11-10-25(29)32)20-15-28(2)22-9-4-3-8-19(20)22/h3-9,12-13,15H,10-11,14,16H2,1-2H3,(H,26,31). The van der Waals surface area contributed by atoms with E-state index in [1.807, 2.05) is 61.1 Å². The molecule has 0 bridgehead atoms. The lowest BCUT2D eigenvalue weighted by Crippen LogP contribution is -2.44. The number of anilines is 1. The summed E-state index contributed by atoms with van der Waals surface area (Å²) in [5, 5.41) is 8.79. The highest BCUT2D eigenvalue weighted by atomic mass is 16.2. The second kappa shape index (κ2) is 8.00. The molecule has 0 aliphatic carbocycles. The quantitative estimate of drug-likeness (QED) is 0.531. The van der Waals surface area contributed by atoms with Crippen molar-refractivity contribution in [3.63, 3.8) is 0 Å². The lowest BCUT2D eigenvalue weighted by atomic mass is 10.1. The van der Waals surface area contributed by atoms with Crippen molar-refractivity contribution in [2.45, 2.75) is 26.4 Å². The average Bonchev–Trinajstić information content (AvgIpc) is 3.36. The van der Waals surface area contributed by atoms with Gasteiger partial charge in [0.15, 0.2) is 0 Å². The number of aromatic nitrogens is 3. The molecule has 1 aliphatic heterocycles. The fourth-order valence-corrected chi connectivity index (χ4v) is 4.32. The number of aryl methyl sites for hydroxylation is 3. The first-order valence-corrected chi connectivity index (χ1v) is 10.7. The Morgan fingerprint density at radius 1 is 1.12 bits per heavy atom. The molecule has 0 atom stereocenters. The zero-order valence-electron chi connectivity index (χ0n) is 18.2. The number of amides is 2. The molecular weight excluding hydrogens is 402 g/mol. The third-order valence-corrected chi connectivity index (χ3v) is 5.92. The Hall–Kier alpha value is -3.87. The van der Waals surface area contributed by atoms with Gasteiger partial charge in [0.25, 0.3) is 0 Å². The summed E-state index contributed by atoms with van der Waals surface area (Å²) in [7, 11) is 2.01. The minimum atomic E-state index is -0.193. The largest absolute Gasteiger partial charge is 0.350 e. The van der Waals surface area contributed by atoms with Crippen molar-refractivity contribution in [3.8, 4) is 11.3 Å². The Balaban J connectivity index is 1.38. The summed E-state index contributed by atoms with van der Waals surface area (Å²) >= 11 is 0. The SMILES string of the molecule is Cc1cccc(CNC(=O)CN2C(=O)CCn3nc(-c4cn(C)c5ccccc45)cc32)c1. The van der Waals surface area contributed by atoms with Crippen molar-refractivity contribution in [2.24, 2.45) is 7.05 Å². The van der Waals surface area contributed by atoms with E-state index in [1.165, 1.54) is 4.90 Å². The third kappa shape index (κ3) is 3.66. The predicted octanol–water partition coefficient (Wildman–Crippen LogP) is 3.40. The van der Waals surface area contributed by atoms with Gasteiger partial charge in [-0.1, -0.05) is 48.0 Å². The molecule has 162 valence electrons. The van der Waals surface area contributed by atoms with E-state index < -0.39 is 0 Å². The van der Waals surface area contributed by atoms with Crippen LogP contribution in [0.15, 0.2) is 60.8 Å². The Morgan fingerprint density at radius 2 is 1.97 bits per heavy atom. The second-order valence-corrected chi connectivity index (χ2v) is 8.28. The minimum absolute atomic E-state index is 0.0225. The number of hydrogen-bond donors (Lipinski definition) is 1. The Labute approximate surface area is 186 Å². The van der Waals surface area contributed by atoms with Gasteiger partial charge in [0, 0.05) is 48.7 Å². The first-order chi connectivity index (χ1) is 15.5. The highest BCUT2D eigenvalue weighted by Gasteiger charge is 2.28. The van der Waals surface area contributed by atoms with Crippen molar-refractivity contribution < 1.29 is 9.59 Å². The smallest absolute Gasteiger partial charge is 0.240 e. The maximum Gasteiger partial charge on any atom is 0.240 e. The van der Waals surface area contributed by atoms with Gasteiger partial charge in [-0.25, -0.2) is 4.68 Å². The zero-order chi connectivity index (χ0) is 22.2. The summed E-state index contributed by atoms with van der Waals surface area (Å²) in [4.78, 5) is 26.9. The molecule has 2 aromatic heterocycles. The molecular formula is C25H25N5O2. The predicted molar refractivity (Wildman–Crippen MR) is 124 cm³/mol. The summed E-state index contributed by atoms with van der Waals surface area (Å²) in [6, 6.07) is 18.1. The van der Waals surface area contributed by atoms with Crippen molar-refractivity contribution in [2.75, 3.05) is 11.4 Å². The number of nitrogens with zero attached hydrogens (tertiary/aromatic N) is 4. The molecule has 0 saturated heterocycles. The molecule has 32 heavy (non-hydrogen) atoms. The van der Waals surface area contributed by atoms with Crippen LogP contribution in [-0.2, 0) is 29.7 Å². The topological polar surface area (TPSA) is 72.2 Å². The molecule has 7 heteroatoms. The van der Waals surface area contributed by atoms with Crippen LogP contribution in [0.25, 0.3) is 22.2 Å². The molecule has 7 nitrogen and oxygen atoms in total. The maximum atomic E-state index is 12.7. The van der Waals surface area contributed by atoms with Crippen molar-refractivity contribution in [1.29, 1.82) is 0 Å². The lowest BCUT2D eigenvalue weighted by Gasteiger charge is -2.26. The molecule has 2 aromatic carbocycles. The van der Waals surface area contributed by atoms with Crippen LogP contribution >= 0.6 is 0 Å². The van der Waals surface area contributed by atoms with Crippen LogP contribution in [0.5, 0.6) is 0 Å². The lowest BCUT2D eigenvalue weighted by molar-refractivity contribution is -0.124. The van der Waals surface area contributed by atoms with Crippen LogP contribution in [0.1, 0.15) is 17.5 Å². The normalized spacial score (nSPS) is 13.4. The van der Waals surface area contributed by atoms with E-state index in [0.717, 1.165) is 33.3 Å². The van der Waals surface area contributed by atoms with Crippen molar-refractivity contribution in [3.05, 3.63) is 71.9 Å². The van der Waals surface area contributed by atoms with E-state index in [1.54, 1.807) is 0 Å². The number of hydrogen-bond acceptors (Lipinski definition) is 3. The highest BCUT2D eigenvalue weighted by molar-refractivity contribution is 6.00. The number of rotatable bonds is 5. The number of fused-ring (bicyclic) bond motifs is 2. The Kier molecular flexibility index (Phi) is 5.01. The molecule has 0 spiro atoms. The molecule has 0 saturated carbocycles. The van der Waals surface area contributed by atoms with Gasteiger partial charge in [0.05, 0.1) is 12.2 Å². The summed E-state index contributed by atoms with van der Waals surface area (Å²) in [6.07, 6.45) is 2.38. The minimum Gasteiger partial charge on any atom is -0.350 e. The first-order valence-electron chi connectivity index (χ1n) is 10.7. The van der Waals surface area contributed by atoms with Crippen molar-refractivity contribution in [1.82, 2.24) is 19.7 Å². The van der Waals surface area contributed by atoms with Gasteiger partial charge in [0.1, 0.15) is 12.4 Å². The summed E-state index contributed by atoms with van der Waals surface area (Å²) in [5.74, 6) is 0.406. The van der Waals surface area contributed by atoms with Gasteiger partial charge in [-0.05, 0) is 18.6 Å². The molecule has 2 amide bonds. The molecule has 3 heterocycles. The number of benzene rings is 2. The number of carbonyl (C=O) groups excluding carboxylic acids is 2. The van der Waals surface area contributed by atoms with E-state index in [-0.39, 0.29) is 18.4 Å². The van der Waals surface area contributed by atoms with Crippen LogP contribution in [0.4, 0.5) is 5.82 Å². The van der Waals surface area contributed by atoms with Crippen LogP contribution in [0.2, 0.25) is 0 Å². The van der Waals surface area contributed by atoms with Crippen molar-refractivity contribution >= 4 is 28.5 Å². The van der Waals surface area contributed by atoms with Gasteiger partial charge in [-0.15, -0.1) is 0 Å². The van der Waals surface area contributed by atoms with E-state index in [9.17, 15) is 9.59 Å². The first kappa shape index (κ1) is 20.1. The van der Waals surface area contributed by atoms with E-state index >= 15 is 0 Å². The number of nitrogens with one attached hydrogen (secondary N) is 1.